The van der Waals surface area contributed by atoms with E-state index in [0.717, 1.165) is 5.56 Å². The van der Waals surface area contributed by atoms with Gasteiger partial charge in [0.2, 0.25) is 0 Å². The molecule has 2 aliphatic heterocycles. The molecule has 2 aliphatic rings. The molecule has 3 aromatic rings. The molecule has 0 saturated heterocycles. The normalized spacial score (nSPS) is 19.4. The van der Waals surface area contributed by atoms with Gasteiger partial charge in [-0.25, -0.2) is 0 Å². The zero-order chi connectivity index (χ0) is 22.4. The fourth-order valence-corrected chi connectivity index (χ4v) is 4.57. The molecule has 0 fully saturated rings. The minimum absolute atomic E-state index is 0.264. The molecule has 1 N–H and O–H groups in total. The summed E-state index contributed by atoms with van der Waals surface area (Å²) in [6.07, 6.45) is 0. The zero-order valence-corrected chi connectivity index (χ0v) is 18.0. The Morgan fingerprint density at radius 1 is 1.03 bits per heavy atom. The molecule has 2 unspecified atom stereocenters. The van der Waals surface area contributed by atoms with Gasteiger partial charge in [0.15, 0.2) is 11.5 Å². The molecule has 32 heavy (non-hydrogen) atoms. The molecule has 6 nitrogen and oxygen atoms in total. The van der Waals surface area contributed by atoms with Gasteiger partial charge in [0.25, 0.3) is 5.91 Å². The van der Waals surface area contributed by atoms with E-state index in [1.54, 1.807) is 65.6 Å². The molecule has 0 bridgehead atoms. The molecule has 0 aromatic heterocycles. The number of aryl methyl sites for hydroxylation is 1. The van der Waals surface area contributed by atoms with Crippen LogP contribution in [0.5, 0.6) is 11.5 Å². The van der Waals surface area contributed by atoms with Crippen LogP contribution in [0.3, 0.4) is 0 Å². The number of carbonyl (C=O) groups is 2. The highest BCUT2D eigenvalue weighted by Gasteiger charge is 2.45. The first-order valence-electron chi connectivity index (χ1n) is 10.3. The summed E-state index contributed by atoms with van der Waals surface area (Å²) in [6, 6.07) is 16.7. The van der Waals surface area contributed by atoms with Crippen molar-refractivity contribution in [3.05, 3.63) is 87.9 Å². The highest BCUT2D eigenvalue weighted by atomic mass is 35.5. The molecule has 2 heterocycles. The van der Waals surface area contributed by atoms with Crippen LogP contribution < -0.4 is 14.4 Å². The van der Waals surface area contributed by atoms with Crippen molar-refractivity contribution >= 4 is 29.2 Å². The summed E-state index contributed by atoms with van der Waals surface area (Å²) >= 11 is 6.22. The van der Waals surface area contributed by atoms with Crippen molar-refractivity contribution in [2.24, 2.45) is 0 Å². The summed E-state index contributed by atoms with van der Waals surface area (Å²) < 4.78 is 11.4. The Kier molecular flexibility index (Phi) is 5.02. The minimum Gasteiger partial charge on any atom is -0.486 e. The first kappa shape index (κ1) is 20.4. The van der Waals surface area contributed by atoms with E-state index in [9.17, 15) is 14.7 Å². The van der Waals surface area contributed by atoms with Crippen LogP contribution in [0.4, 0.5) is 5.69 Å². The number of anilines is 1. The quantitative estimate of drug-likeness (QED) is 0.609. The topological polar surface area (TPSA) is 76.1 Å². The van der Waals surface area contributed by atoms with Gasteiger partial charge in [0.05, 0.1) is 6.04 Å². The fourth-order valence-electron chi connectivity index (χ4n) is 4.45. The molecular formula is C25H20ClNO5. The number of carboxylic acids is 1. The van der Waals surface area contributed by atoms with Gasteiger partial charge in [0, 0.05) is 16.3 Å². The highest BCUT2D eigenvalue weighted by Crippen LogP contribution is 2.47. The standard InChI is InChI=1S/C25H20ClNO5/c1-14-12-16(7-8-19(14)26)27-23(15-6-9-20-21(13-15)32-11-10-31-20)22(25(29)30)17-4-2-3-5-18(17)24(27)28/h2-9,12-13,22-23H,10-11H2,1H3,(H,29,30). The van der Waals surface area contributed by atoms with Crippen LogP contribution in [0, 0.1) is 6.92 Å². The van der Waals surface area contributed by atoms with Crippen molar-refractivity contribution in [3.8, 4) is 11.5 Å². The number of ether oxygens (including phenoxy) is 2. The number of halogens is 1. The van der Waals surface area contributed by atoms with Gasteiger partial charge in [-0.2, -0.15) is 0 Å². The number of nitrogens with zero attached hydrogens (tertiary/aromatic N) is 1. The highest BCUT2D eigenvalue weighted by molar-refractivity contribution is 6.31. The molecule has 3 aromatic carbocycles. The van der Waals surface area contributed by atoms with Gasteiger partial charge in [-0.3, -0.25) is 14.5 Å². The Balaban J connectivity index is 1.74. The van der Waals surface area contributed by atoms with Crippen molar-refractivity contribution in [2.75, 3.05) is 18.1 Å². The van der Waals surface area contributed by atoms with Crippen LogP contribution in [0.15, 0.2) is 60.7 Å². The van der Waals surface area contributed by atoms with Crippen LogP contribution in [-0.2, 0) is 4.79 Å². The second-order valence-corrected chi connectivity index (χ2v) is 8.27. The summed E-state index contributed by atoms with van der Waals surface area (Å²) in [5.74, 6) is -1.11. The monoisotopic (exact) mass is 449 g/mol. The number of rotatable bonds is 3. The van der Waals surface area contributed by atoms with Gasteiger partial charge in [-0.1, -0.05) is 35.9 Å². The summed E-state index contributed by atoms with van der Waals surface area (Å²) in [5.41, 5.74) is 2.89. The molecule has 5 rings (SSSR count). The van der Waals surface area contributed by atoms with Gasteiger partial charge in [-0.05, 0) is 60.0 Å². The average molecular weight is 450 g/mol. The van der Waals surface area contributed by atoms with E-state index >= 15 is 0 Å². The third-order valence-corrected chi connectivity index (χ3v) is 6.36. The lowest BCUT2D eigenvalue weighted by atomic mass is 9.79. The number of aliphatic carboxylic acids is 1. The lowest BCUT2D eigenvalue weighted by molar-refractivity contribution is -0.139. The van der Waals surface area contributed by atoms with Crippen LogP contribution >= 0.6 is 11.6 Å². The van der Waals surface area contributed by atoms with Crippen molar-refractivity contribution in [1.82, 2.24) is 0 Å². The van der Waals surface area contributed by atoms with Crippen molar-refractivity contribution < 1.29 is 24.2 Å². The molecule has 2 atom stereocenters. The van der Waals surface area contributed by atoms with E-state index in [2.05, 4.69) is 0 Å². The van der Waals surface area contributed by atoms with E-state index in [1.165, 1.54) is 0 Å². The second-order valence-electron chi connectivity index (χ2n) is 7.86. The SMILES string of the molecule is Cc1cc(N2C(=O)c3ccccc3C(C(=O)O)C2c2ccc3c(c2)OCCO3)ccc1Cl. The summed E-state index contributed by atoms with van der Waals surface area (Å²) in [6.45, 7) is 2.71. The summed E-state index contributed by atoms with van der Waals surface area (Å²) in [7, 11) is 0. The Labute approximate surface area is 189 Å². The molecule has 0 saturated carbocycles. The number of hydrogen-bond acceptors (Lipinski definition) is 4. The van der Waals surface area contributed by atoms with Crippen LogP contribution in [0.2, 0.25) is 5.02 Å². The zero-order valence-electron chi connectivity index (χ0n) is 17.2. The van der Waals surface area contributed by atoms with E-state index in [1.807, 2.05) is 6.92 Å². The number of fused-ring (bicyclic) bond motifs is 2. The van der Waals surface area contributed by atoms with Crippen LogP contribution in [0.1, 0.15) is 39.0 Å². The Morgan fingerprint density at radius 3 is 2.53 bits per heavy atom. The molecular weight excluding hydrogens is 430 g/mol. The first-order valence-corrected chi connectivity index (χ1v) is 10.6. The second kappa shape index (κ2) is 7.88. The largest absolute Gasteiger partial charge is 0.486 e. The maximum atomic E-state index is 13.7. The summed E-state index contributed by atoms with van der Waals surface area (Å²) in [4.78, 5) is 27.8. The molecule has 0 aliphatic carbocycles. The van der Waals surface area contributed by atoms with Gasteiger partial charge in [0.1, 0.15) is 19.1 Å². The molecule has 1 amide bonds. The van der Waals surface area contributed by atoms with Gasteiger partial charge in [-0.15, -0.1) is 0 Å². The molecule has 162 valence electrons. The Morgan fingerprint density at radius 2 is 1.78 bits per heavy atom. The predicted octanol–water partition coefficient (Wildman–Crippen LogP) is 4.99. The molecule has 0 radical (unpaired) electrons. The van der Waals surface area contributed by atoms with E-state index in [-0.39, 0.29) is 5.91 Å². The maximum absolute atomic E-state index is 13.7. The maximum Gasteiger partial charge on any atom is 0.313 e. The Hall–Kier alpha value is -3.51. The van der Waals surface area contributed by atoms with Crippen molar-refractivity contribution in [3.63, 3.8) is 0 Å². The van der Waals surface area contributed by atoms with E-state index in [4.69, 9.17) is 21.1 Å². The fraction of sp³-hybridized carbons (Fsp3) is 0.200. The van der Waals surface area contributed by atoms with Crippen LogP contribution in [0.25, 0.3) is 0 Å². The van der Waals surface area contributed by atoms with Gasteiger partial charge >= 0.3 is 5.97 Å². The number of benzene rings is 3. The third-order valence-electron chi connectivity index (χ3n) is 5.93. The van der Waals surface area contributed by atoms with E-state index in [0.29, 0.717) is 52.1 Å². The lowest BCUT2D eigenvalue weighted by Gasteiger charge is -2.41. The summed E-state index contributed by atoms with van der Waals surface area (Å²) in [5, 5.41) is 10.9. The average Bonchev–Trinajstić information content (AvgIpc) is 2.80. The van der Waals surface area contributed by atoms with Crippen molar-refractivity contribution in [2.45, 2.75) is 18.9 Å². The van der Waals surface area contributed by atoms with Crippen LogP contribution in [-0.4, -0.2) is 30.2 Å². The number of carbonyl (C=O) groups excluding carboxylic acids is 1. The lowest BCUT2D eigenvalue weighted by Crippen LogP contribution is -2.45. The number of carboxylic acid groups (broad SMARTS) is 1. The first-order chi connectivity index (χ1) is 15.5. The number of amides is 1. The van der Waals surface area contributed by atoms with Gasteiger partial charge < -0.3 is 14.6 Å². The van der Waals surface area contributed by atoms with Crippen molar-refractivity contribution in [1.29, 1.82) is 0 Å². The Bertz CT molecular complexity index is 1240. The molecule has 7 heteroatoms. The minimum atomic E-state index is -1.01. The molecule has 0 spiro atoms. The number of hydrogen-bond donors (Lipinski definition) is 1. The van der Waals surface area contributed by atoms with E-state index < -0.39 is 17.9 Å². The smallest absolute Gasteiger partial charge is 0.313 e. The third kappa shape index (κ3) is 3.28. The predicted molar refractivity (Wildman–Crippen MR) is 120 cm³/mol.